The molecule has 2 N–H and O–H groups in total. The van der Waals surface area contributed by atoms with E-state index in [1.165, 1.54) is 0 Å². The largest absolute Gasteiger partial charge is 0.480 e. The Morgan fingerprint density at radius 3 is 2.27 bits per heavy atom. The Kier molecular flexibility index (Phi) is 2.24. The molecule has 0 aromatic carbocycles. The molecule has 0 bridgehead atoms. The van der Waals surface area contributed by atoms with Crippen LogP contribution in [0.5, 0.6) is 0 Å². The molecule has 84 valence electrons. The zero-order valence-electron chi connectivity index (χ0n) is 9.12. The first-order chi connectivity index (χ1) is 6.92. The summed E-state index contributed by atoms with van der Waals surface area (Å²) in [6.07, 6.45) is 2.71. The second-order valence-electron chi connectivity index (χ2n) is 5.41. The maximum absolute atomic E-state index is 11.7. The van der Waals surface area contributed by atoms with Gasteiger partial charge in [0.2, 0.25) is 5.91 Å². The normalized spacial score (nSPS) is 29.3. The van der Waals surface area contributed by atoms with Gasteiger partial charge in [0.25, 0.3) is 0 Å². The van der Waals surface area contributed by atoms with Crippen LogP contribution in [0.15, 0.2) is 0 Å². The van der Waals surface area contributed by atoms with Crippen LogP contribution in [-0.4, -0.2) is 23.0 Å². The van der Waals surface area contributed by atoms with Crippen molar-refractivity contribution in [3.05, 3.63) is 0 Å². The van der Waals surface area contributed by atoms with E-state index in [0.717, 1.165) is 19.3 Å². The number of hydrogen-bond donors (Lipinski definition) is 2. The van der Waals surface area contributed by atoms with E-state index in [1.807, 2.05) is 13.8 Å². The minimum atomic E-state index is -0.899. The maximum atomic E-state index is 11.7. The van der Waals surface area contributed by atoms with Crippen LogP contribution < -0.4 is 5.32 Å². The predicted molar refractivity (Wildman–Crippen MR) is 54.2 cm³/mol. The molecule has 0 radical (unpaired) electrons. The smallest absolute Gasteiger partial charge is 0.326 e. The lowest BCUT2D eigenvalue weighted by atomic mass is 10.1. The number of nitrogens with one attached hydrogen (secondary N) is 1. The van der Waals surface area contributed by atoms with E-state index >= 15 is 0 Å². The Labute approximate surface area is 89.0 Å². The molecule has 2 fully saturated rings. The van der Waals surface area contributed by atoms with Crippen LogP contribution in [-0.2, 0) is 9.59 Å². The van der Waals surface area contributed by atoms with Crippen molar-refractivity contribution in [1.29, 1.82) is 0 Å². The number of carbonyl (C=O) groups is 2. The molecular formula is C11H17NO3. The summed E-state index contributed by atoms with van der Waals surface area (Å²) in [4.78, 5) is 22.6. The average molecular weight is 211 g/mol. The van der Waals surface area contributed by atoms with Gasteiger partial charge in [-0.05, 0) is 30.6 Å². The standard InChI is InChI=1S/C11H17NO3/c1-11(2)5-7(11)9(13)12-8(10(14)15)6-3-4-6/h6-8H,3-5H2,1-2H3,(H,12,13)(H,14,15)/t7-,8?/m1/s1. The highest BCUT2D eigenvalue weighted by molar-refractivity contribution is 5.87. The van der Waals surface area contributed by atoms with E-state index in [-0.39, 0.29) is 23.2 Å². The van der Waals surface area contributed by atoms with Gasteiger partial charge in [0.1, 0.15) is 6.04 Å². The van der Waals surface area contributed by atoms with Gasteiger partial charge in [-0.2, -0.15) is 0 Å². The summed E-state index contributed by atoms with van der Waals surface area (Å²) in [7, 11) is 0. The van der Waals surface area contributed by atoms with Crippen molar-refractivity contribution in [2.45, 2.75) is 39.2 Å². The van der Waals surface area contributed by atoms with E-state index in [1.54, 1.807) is 0 Å². The van der Waals surface area contributed by atoms with Crippen molar-refractivity contribution < 1.29 is 14.7 Å². The molecular weight excluding hydrogens is 194 g/mol. The van der Waals surface area contributed by atoms with Crippen LogP contribution in [0.4, 0.5) is 0 Å². The van der Waals surface area contributed by atoms with Gasteiger partial charge < -0.3 is 10.4 Å². The number of carboxylic acid groups (broad SMARTS) is 1. The first-order valence-electron chi connectivity index (χ1n) is 5.45. The van der Waals surface area contributed by atoms with Crippen molar-refractivity contribution >= 4 is 11.9 Å². The summed E-state index contributed by atoms with van der Waals surface area (Å²) >= 11 is 0. The van der Waals surface area contributed by atoms with Gasteiger partial charge in [0.15, 0.2) is 0 Å². The molecule has 0 spiro atoms. The molecule has 15 heavy (non-hydrogen) atoms. The molecule has 2 aliphatic rings. The molecule has 2 aliphatic carbocycles. The summed E-state index contributed by atoms with van der Waals surface area (Å²) in [5, 5.41) is 11.6. The molecule has 4 heteroatoms. The summed E-state index contributed by atoms with van der Waals surface area (Å²) in [6, 6.07) is -0.658. The molecule has 1 amide bonds. The van der Waals surface area contributed by atoms with Gasteiger partial charge in [0, 0.05) is 5.92 Å². The highest BCUT2D eigenvalue weighted by Gasteiger charge is 2.51. The number of rotatable bonds is 4. The molecule has 2 saturated carbocycles. The van der Waals surface area contributed by atoms with Crippen LogP contribution in [0.2, 0.25) is 0 Å². The molecule has 4 nitrogen and oxygen atoms in total. The molecule has 0 aromatic heterocycles. The zero-order chi connectivity index (χ0) is 11.2. The molecule has 0 aromatic rings. The maximum Gasteiger partial charge on any atom is 0.326 e. The van der Waals surface area contributed by atoms with Gasteiger partial charge in [-0.3, -0.25) is 4.79 Å². The van der Waals surface area contributed by atoms with Crippen LogP contribution >= 0.6 is 0 Å². The molecule has 1 unspecified atom stereocenters. The molecule has 0 aliphatic heterocycles. The molecule has 2 rings (SSSR count). The number of hydrogen-bond acceptors (Lipinski definition) is 2. The first-order valence-corrected chi connectivity index (χ1v) is 5.45. The number of carboxylic acids is 1. The van der Waals surface area contributed by atoms with Crippen molar-refractivity contribution in [3.63, 3.8) is 0 Å². The van der Waals surface area contributed by atoms with E-state index in [2.05, 4.69) is 5.32 Å². The SMILES string of the molecule is CC1(C)C[C@@H]1C(=O)NC(C(=O)O)C1CC1. The topological polar surface area (TPSA) is 66.4 Å². The Morgan fingerprint density at radius 2 is 1.93 bits per heavy atom. The van der Waals surface area contributed by atoms with E-state index < -0.39 is 12.0 Å². The van der Waals surface area contributed by atoms with Gasteiger partial charge in [-0.25, -0.2) is 4.79 Å². The summed E-state index contributed by atoms with van der Waals surface area (Å²) in [5.41, 5.74) is 0.0662. The number of amides is 1. The van der Waals surface area contributed by atoms with E-state index in [0.29, 0.717) is 0 Å². The van der Waals surface area contributed by atoms with Crippen molar-refractivity contribution in [3.8, 4) is 0 Å². The highest BCUT2D eigenvalue weighted by atomic mass is 16.4. The monoisotopic (exact) mass is 211 g/mol. The molecule has 0 heterocycles. The molecule has 2 atom stereocenters. The second kappa shape index (κ2) is 3.22. The number of carbonyl (C=O) groups excluding carboxylic acids is 1. The lowest BCUT2D eigenvalue weighted by molar-refractivity contribution is -0.142. The van der Waals surface area contributed by atoms with Gasteiger partial charge in [-0.1, -0.05) is 13.8 Å². The zero-order valence-corrected chi connectivity index (χ0v) is 9.12. The fourth-order valence-electron chi connectivity index (χ4n) is 1.98. The van der Waals surface area contributed by atoms with E-state index in [9.17, 15) is 9.59 Å². The molecule has 0 saturated heterocycles. The summed E-state index contributed by atoms with van der Waals surface area (Å²) in [6.45, 7) is 4.06. The van der Waals surface area contributed by atoms with Crippen LogP contribution in [0.25, 0.3) is 0 Å². The van der Waals surface area contributed by atoms with Crippen LogP contribution in [0, 0.1) is 17.3 Å². The van der Waals surface area contributed by atoms with Gasteiger partial charge >= 0.3 is 5.97 Å². The Morgan fingerprint density at radius 1 is 1.40 bits per heavy atom. The third-order valence-electron chi connectivity index (χ3n) is 3.49. The van der Waals surface area contributed by atoms with E-state index in [4.69, 9.17) is 5.11 Å². The first kappa shape index (κ1) is 10.5. The Bertz CT molecular complexity index is 307. The lowest BCUT2D eigenvalue weighted by Gasteiger charge is -2.14. The Hall–Kier alpha value is -1.06. The average Bonchev–Trinajstić information content (AvgIpc) is 2.97. The predicted octanol–water partition coefficient (Wildman–Crippen LogP) is 1.01. The second-order valence-corrected chi connectivity index (χ2v) is 5.41. The van der Waals surface area contributed by atoms with Gasteiger partial charge in [0.05, 0.1) is 0 Å². The van der Waals surface area contributed by atoms with Crippen LogP contribution in [0.3, 0.4) is 0 Å². The van der Waals surface area contributed by atoms with Crippen molar-refractivity contribution in [2.75, 3.05) is 0 Å². The third-order valence-corrected chi connectivity index (χ3v) is 3.49. The van der Waals surface area contributed by atoms with Gasteiger partial charge in [-0.15, -0.1) is 0 Å². The summed E-state index contributed by atoms with van der Waals surface area (Å²) < 4.78 is 0. The lowest BCUT2D eigenvalue weighted by Crippen LogP contribution is -2.43. The van der Waals surface area contributed by atoms with Crippen LogP contribution in [0.1, 0.15) is 33.1 Å². The van der Waals surface area contributed by atoms with Crippen molar-refractivity contribution in [2.24, 2.45) is 17.3 Å². The number of aliphatic carboxylic acids is 1. The quantitative estimate of drug-likeness (QED) is 0.729. The minimum absolute atomic E-state index is 0.0121. The summed E-state index contributed by atoms with van der Waals surface area (Å²) in [5.74, 6) is -0.810. The minimum Gasteiger partial charge on any atom is -0.480 e. The van der Waals surface area contributed by atoms with Crippen molar-refractivity contribution in [1.82, 2.24) is 5.32 Å². The Balaban J connectivity index is 1.90. The highest BCUT2D eigenvalue weighted by Crippen LogP contribution is 2.51. The fraction of sp³-hybridized carbons (Fsp3) is 0.818. The fourth-order valence-corrected chi connectivity index (χ4v) is 1.98. The third kappa shape index (κ3) is 2.13.